The van der Waals surface area contributed by atoms with Crippen molar-refractivity contribution in [3.63, 3.8) is 0 Å². The maximum atomic E-state index is 4.44. The summed E-state index contributed by atoms with van der Waals surface area (Å²) in [7, 11) is 0. The van der Waals surface area contributed by atoms with Gasteiger partial charge in [0, 0.05) is 37.6 Å². The Morgan fingerprint density at radius 3 is 2.78 bits per heavy atom. The second-order valence-corrected chi connectivity index (χ2v) is 6.26. The third-order valence-corrected chi connectivity index (χ3v) is 4.46. The van der Waals surface area contributed by atoms with Crippen LogP contribution in [0.15, 0.2) is 16.9 Å². The largest absolute Gasteiger partial charge is 0.335 e. The van der Waals surface area contributed by atoms with Crippen molar-refractivity contribution in [3.8, 4) is 0 Å². The van der Waals surface area contributed by atoms with Gasteiger partial charge < -0.3 is 4.90 Å². The van der Waals surface area contributed by atoms with E-state index in [4.69, 9.17) is 0 Å². The molecule has 0 aliphatic carbocycles. The van der Waals surface area contributed by atoms with Crippen molar-refractivity contribution in [3.05, 3.63) is 16.9 Å². The molecule has 0 amide bonds. The Hall–Kier alpha value is -0.680. The SMILES string of the molecule is CC1CN2CCCCC2CN1c1ncc(Br)cn1. The zero-order valence-electron chi connectivity index (χ0n) is 10.7. The zero-order valence-corrected chi connectivity index (χ0v) is 12.3. The molecule has 0 radical (unpaired) electrons. The second kappa shape index (κ2) is 5.13. The standard InChI is InChI=1S/C13H19BrN4/c1-10-8-17-5-3-2-4-12(17)9-18(10)13-15-6-11(14)7-16-13/h6-7,10,12H,2-5,8-9H2,1H3. The van der Waals surface area contributed by atoms with Gasteiger partial charge in [0.15, 0.2) is 0 Å². The first-order valence-corrected chi connectivity index (χ1v) is 7.51. The van der Waals surface area contributed by atoms with Crippen LogP contribution in [0.5, 0.6) is 0 Å². The molecular formula is C13H19BrN4. The Morgan fingerprint density at radius 2 is 2.00 bits per heavy atom. The third kappa shape index (κ3) is 2.38. The van der Waals surface area contributed by atoms with Gasteiger partial charge in [0.2, 0.25) is 5.95 Å². The van der Waals surface area contributed by atoms with Crippen molar-refractivity contribution in [2.45, 2.75) is 38.3 Å². The van der Waals surface area contributed by atoms with E-state index < -0.39 is 0 Å². The van der Waals surface area contributed by atoms with Crippen LogP contribution < -0.4 is 4.90 Å². The molecule has 2 aliphatic heterocycles. The molecule has 1 aromatic heterocycles. The minimum absolute atomic E-state index is 0.500. The average Bonchev–Trinajstić information content (AvgIpc) is 2.39. The van der Waals surface area contributed by atoms with E-state index in [0.29, 0.717) is 12.1 Å². The molecule has 2 fully saturated rings. The Balaban J connectivity index is 1.77. The van der Waals surface area contributed by atoms with Crippen LogP contribution in [-0.2, 0) is 0 Å². The molecular weight excluding hydrogens is 292 g/mol. The van der Waals surface area contributed by atoms with Gasteiger partial charge in [0.1, 0.15) is 0 Å². The van der Waals surface area contributed by atoms with Gasteiger partial charge >= 0.3 is 0 Å². The van der Waals surface area contributed by atoms with Crippen molar-refractivity contribution in [1.29, 1.82) is 0 Å². The lowest BCUT2D eigenvalue weighted by Crippen LogP contribution is -2.59. The molecule has 18 heavy (non-hydrogen) atoms. The topological polar surface area (TPSA) is 32.3 Å². The molecule has 2 aliphatic rings. The van der Waals surface area contributed by atoms with E-state index in [0.717, 1.165) is 23.5 Å². The predicted octanol–water partition coefficient (Wildman–Crippen LogP) is 2.30. The molecule has 2 unspecified atom stereocenters. The third-order valence-electron chi connectivity index (χ3n) is 4.05. The number of piperidine rings is 1. The summed E-state index contributed by atoms with van der Waals surface area (Å²) >= 11 is 3.39. The molecule has 0 spiro atoms. The minimum atomic E-state index is 0.500. The monoisotopic (exact) mass is 310 g/mol. The molecule has 0 saturated carbocycles. The van der Waals surface area contributed by atoms with E-state index in [9.17, 15) is 0 Å². The van der Waals surface area contributed by atoms with Crippen molar-refractivity contribution in [2.75, 3.05) is 24.5 Å². The molecule has 98 valence electrons. The summed E-state index contributed by atoms with van der Waals surface area (Å²) in [6, 6.07) is 1.20. The summed E-state index contributed by atoms with van der Waals surface area (Å²) < 4.78 is 0.940. The van der Waals surface area contributed by atoms with Gasteiger partial charge in [-0.25, -0.2) is 9.97 Å². The lowest BCUT2D eigenvalue weighted by molar-refractivity contribution is 0.115. The Bertz CT molecular complexity index is 408. The summed E-state index contributed by atoms with van der Waals surface area (Å²) in [6.45, 7) is 5.76. The predicted molar refractivity (Wildman–Crippen MR) is 75.8 cm³/mol. The highest BCUT2D eigenvalue weighted by Crippen LogP contribution is 2.26. The number of anilines is 1. The molecule has 3 heterocycles. The van der Waals surface area contributed by atoms with Crippen molar-refractivity contribution < 1.29 is 0 Å². The maximum absolute atomic E-state index is 4.44. The molecule has 0 bridgehead atoms. The highest BCUT2D eigenvalue weighted by molar-refractivity contribution is 9.10. The first-order valence-electron chi connectivity index (χ1n) is 6.72. The quantitative estimate of drug-likeness (QED) is 0.797. The molecule has 4 nitrogen and oxygen atoms in total. The summed E-state index contributed by atoms with van der Waals surface area (Å²) in [4.78, 5) is 13.9. The van der Waals surface area contributed by atoms with Gasteiger partial charge in [-0.05, 0) is 42.2 Å². The molecule has 2 saturated heterocycles. The Kier molecular flexibility index (Phi) is 3.52. The number of rotatable bonds is 1. The molecule has 5 heteroatoms. The summed E-state index contributed by atoms with van der Waals surface area (Å²) in [6.07, 6.45) is 7.72. The minimum Gasteiger partial charge on any atom is -0.335 e. The van der Waals surface area contributed by atoms with Gasteiger partial charge in [-0.1, -0.05) is 6.42 Å². The van der Waals surface area contributed by atoms with E-state index in [1.54, 1.807) is 0 Å². The lowest BCUT2D eigenvalue weighted by atomic mass is 9.97. The fourth-order valence-electron chi connectivity index (χ4n) is 3.08. The molecule has 0 aromatic carbocycles. The normalized spacial score (nSPS) is 29.1. The van der Waals surface area contributed by atoms with Gasteiger partial charge in [-0.2, -0.15) is 0 Å². The first-order chi connectivity index (χ1) is 8.74. The first kappa shape index (κ1) is 12.4. The van der Waals surface area contributed by atoms with Crippen LogP contribution in [-0.4, -0.2) is 46.6 Å². The van der Waals surface area contributed by atoms with Gasteiger partial charge in [0.25, 0.3) is 0 Å². The summed E-state index contributed by atoms with van der Waals surface area (Å²) in [5, 5.41) is 0. The van der Waals surface area contributed by atoms with Crippen molar-refractivity contribution in [2.24, 2.45) is 0 Å². The zero-order chi connectivity index (χ0) is 12.5. The van der Waals surface area contributed by atoms with E-state index >= 15 is 0 Å². The maximum Gasteiger partial charge on any atom is 0.225 e. The number of piperazine rings is 1. The number of fused-ring (bicyclic) bond motifs is 1. The average molecular weight is 311 g/mol. The van der Waals surface area contributed by atoms with Crippen molar-refractivity contribution >= 4 is 21.9 Å². The van der Waals surface area contributed by atoms with E-state index in [1.165, 1.54) is 25.8 Å². The molecule has 3 rings (SSSR count). The van der Waals surface area contributed by atoms with Crippen LogP contribution in [0.1, 0.15) is 26.2 Å². The highest BCUT2D eigenvalue weighted by Gasteiger charge is 2.33. The summed E-state index contributed by atoms with van der Waals surface area (Å²) in [5.74, 6) is 0.871. The lowest BCUT2D eigenvalue weighted by Gasteiger charge is -2.47. The number of hydrogen-bond donors (Lipinski definition) is 0. The number of nitrogens with zero attached hydrogens (tertiary/aromatic N) is 4. The molecule has 1 aromatic rings. The van der Waals surface area contributed by atoms with Crippen LogP contribution in [0.25, 0.3) is 0 Å². The van der Waals surface area contributed by atoms with Crippen LogP contribution >= 0.6 is 15.9 Å². The molecule has 2 atom stereocenters. The summed E-state index contributed by atoms with van der Waals surface area (Å²) in [5.41, 5.74) is 0. The van der Waals surface area contributed by atoms with E-state index in [1.807, 2.05) is 12.4 Å². The Labute approximate surface area is 117 Å². The van der Waals surface area contributed by atoms with Crippen LogP contribution in [0.4, 0.5) is 5.95 Å². The van der Waals surface area contributed by atoms with Crippen LogP contribution in [0, 0.1) is 0 Å². The Morgan fingerprint density at radius 1 is 1.22 bits per heavy atom. The number of hydrogen-bond acceptors (Lipinski definition) is 4. The number of halogens is 1. The number of aromatic nitrogens is 2. The van der Waals surface area contributed by atoms with E-state index in [2.05, 4.69) is 42.6 Å². The molecule has 0 N–H and O–H groups in total. The highest BCUT2D eigenvalue weighted by atomic mass is 79.9. The van der Waals surface area contributed by atoms with Crippen molar-refractivity contribution in [1.82, 2.24) is 14.9 Å². The fraction of sp³-hybridized carbons (Fsp3) is 0.692. The van der Waals surface area contributed by atoms with Crippen LogP contribution in [0.2, 0.25) is 0 Å². The van der Waals surface area contributed by atoms with Gasteiger partial charge in [-0.3, -0.25) is 4.90 Å². The smallest absolute Gasteiger partial charge is 0.225 e. The van der Waals surface area contributed by atoms with E-state index in [-0.39, 0.29) is 0 Å². The van der Waals surface area contributed by atoms with Gasteiger partial charge in [0.05, 0.1) is 4.47 Å². The fourth-order valence-corrected chi connectivity index (χ4v) is 3.29. The van der Waals surface area contributed by atoms with Crippen LogP contribution in [0.3, 0.4) is 0 Å². The van der Waals surface area contributed by atoms with Gasteiger partial charge in [-0.15, -0.1) is 0 Å². The second-order valence-electron chi connectivity index (χ2n) is 5.35.